The normalized spacial score (nSPS) is 13.1. The number of carboxylic acid groups (broad SMARTS) is 1. The zero-order valence-electron chi connectivity index (χ0n) is 10.6. The number of rotatable bonds is 4. The predicted molar refractivity (Wildman–Crippen MR) is 60.3 cm³/mol. The molecule has 0 aromatic carbocycles. The van der Waals surface area contributed by atoms with Crippen molar-refractivity contribution in [3.05, 3.63) is 0 Å². The van der Waals surface area contributed by atoms with E-state index in [4.69, 9.17) is 9.84 Å². The smallest absolute Gasteiger partial charge is 0.410 e. The van der Waals surface area contributed by atoms with E-state index in [0.29, 0.717) is 6.42 Å². The van der Waals surface area contributed by atoms with Gasteiger partial charge in [0.05, 0.1) is 5.92 Å². The number of nitrogens with zero attached hydrogens (tertiary/aromatic N) is 1. The lowest BCUT2D eigenvalue weighted by atomic mass is 10.1. The summed E-state index contributed by atoms with van der Waals surface area (Å²) >= 11 is 0. The first-order chi connectivity index (χ1) is 7.17. The molecule has 1 amide bonds. The lowest BCUT2D eigenvalue weighted by molar-refractivity contribution is -0.142. The molecule has 0 heterocycles. The highest BCUT2D eigenvalue weighted by molar-refractivity contribution is 5.72. The van der Waals surface area contributed by atoms with E-state index in [2.05, 4.69) is 0 Å². The molecule has 0 fully saturated rings. The van der Waals surface area contributed by atoms with E-state index in [1.165, 1.54) is 4.90 Å². The molecule has 5 heteroatoms. The predicted octanol–water partition coefficient (Wildman–Crippen LogP) is 1.96. The molecule has 0 aromatic heterocycles. The lowest BCUT2D eigenvalue weighted by Crippen LogP contribution is -2.38. The minimum atomic E-state index is -0.891. The Balaban J connectivity index is 4.29. The van der Waals surface area contributed by atoms with E-state index in [9.17, 15) is 9.59 Å². The van der Waals surface area contributed by atoms with Crippen molar-refractivity contribution in [1.29, 1.82) is 0 Å². The second-order valence-electron chi connectivity index (χ2n) is 4.80. The second kappa shape index (κ2) is 5.72. The van der Waals surface area contributed by atoms with E-state index in [-0.39, 0.29) is 6.54 Å². The molecular weight excluding hydrogens is 210 g/mol. The van der Waals surface area contributed by atoms with Crippen LogP contribution < -0.4 is 0 Å². The van der Waals surface area contributed by atoms with Crippen LogP contribution in [0.2, 0.25) is 0 Å². The summed E-state index contributed by atoms with van der Waals surface area (Å²) in [4.78, 5) is 23.6. The lowest BCUT2D eigenvalue weighted by Gasteiger charge is -2.26. The molecule has 0 aliphatic carbocycles. The number of amides is 1. The molecule has 0 rings (SSSR count). The van der Waals surface area contributed by atoms with Crippen molar-refractivity contribution < 1.29 is 19.4 Å². The average molecular weight is 231 g/mol. The van der Waals surface area contributed by atoms with Gasteiger partial charge < -0.3 is 14.7 Å². The van der Waals surface area contributed by atoms with Crippen molar-refractivity contribution >= 4 is 12.1 Å². The summed E-state index contributed by atoms with van der Waals surface area (Å²) in [6, 6.07) is 0. The third-order valence-electron chi connectivity index (χ3n) is 2.04. The van der Waals surface area contributed by atoms with Gasteiger partial charge in [-0.1, -0.05) is 6.92 Å². The molecule has 0 aromatic rings. The van der Waals surface area contributed by atoms with Crippen LogP contribution in [0.25, 0.3) is 0 Å². The molecule has 0 spiro atoms. The van der Waals surface area contributed by atoms with Gasteiger partial charge in [0, 0.05) is 13.6 Å². The van der Waals surface area contributed by atoms with Crippen LogP contribution in [0.1, 0.15) is 34.1 Å². The summed E-state index contributed by atoms with van der Waals surface area (Å²) in [5.41, 5.74) is -0.559. The maximum absolute atomic E-state index is 11.5. The highest BCUT2D eigenvalue weighted by Crippen LogP contribution is 2.11. The van der Waals surface area contributed by atoms with Crippen molar-refractivity contribution in [1.82, 2.24) is 4.90 Å². The fourth-order valence-corrected chi connectivity index (χ4v) is 1.13. The summed E-state index contributed by atoms with van der Waals surface area (Å²) in [6.45, 7) is 7.26. The molecule has 1 N–H and O–H groups in total. The molecule has 1 unspecified atom stereocenters. The summed E-state index contributed by atoms with van der Waals surface area (Å²) in [5, 5.41) is 8.86. The highest BCUT2D eigenvalue weighted by atomic mass is 16.6. The first-order valence-electron chi connectivity index (χ1n) is 5.34. The molecule has 0 saturated heterocycles. The Labute approximate surface area is 96.4 Å². The van der Waals surface area contributed by atoms with Crippen LogP contribution in [-0.2, 0) is 9.53 Å². The van der Waals surface area contributed by atoms with Gasteiger partial charge in [-0.3, -0.25) is 4.79 Å². The number of aliphatic carboxylic acids is 1. The van der Waals surface area contributed by atoms with E-state index < -0.39 is 23.6 Å². The van der Waals surface area contributed by atoms with Crippen LogP contribution in [0.5, 0.6) is 0 Å². The maximum Gasteiger partial charge on any atom is 0.410 e. The average Bonchev–Trinajstić information content (AvgIpc) is 2.10. The molecule has 0 saturated carbocycles. The van der Waals surface area contributed by atoms with Gasteiger partial charge in [0.1, 0.15) is 5.60 Å². The Hall–Kier alpha value is -1.26. The molecule has 5 nitrogen and oxygen atoms in total. The summed E-state index contributed by atoms with van der Waals surface area (Å²) in [7, 11) is 1.54. The minimum absolute atomic E-state index is 0.167. The van der Waals surface area contributed by atoms with E-state index in [0.717, 1.165) is 0 Å². The monoisotopic (exact) mass is 231 g/mol. The molecular formula is C11H21NO4. The van der Waals surface area contributed by atoms with Crippen LogP contribution >= 0.6 is 0 Å². The first kappa shape index (κ1) is 14.7. The number of hydrogen-bond acceptors (Lipinski definition) is 3. The van der Waals surface area contributed by atoms with Crippen LogP contribution in [0.4, 0.5) is 4.79 Å². The summed E-state index contributed by atoms with van der Waals surface area (Å²) < 4.78 is 5.12. The van der Waals surface area contributed by atoms with Gasteiger partial charge in [-0.15, -0.1) is 0 Å². The quantitative estimate of drug-likeness (QED) is 0.803. The molecule has 0 bridgehead atoms. The van der Waals surface area contributed by atoms with Crippen molar-refractivity contribution in [3.8, 4) is 0 Å². The summed E-state index contributed by atoms with van der Waals surface area (Å²) in [6.07, 6.45) is -0.00477. The number of carboxylic acids is 1. The van der Waals surface area contributed by atoms with Crippen molar-refractivity contribution in [3.63, 3.8) is 0 Å². The molecule has 0 aliphatic heterocycles. The second-order valence-corrected chi connectivity index (χ2v) is 4.80. The minimum Gasteiger partial charge on any atom is -0.481 e. The fraction of sp³-hybridized carbons (Fsp3) is 0.818. The van der Waals surface area contributed by atoms with Crippen molar-refractivity contribution in [2.45, 2.75) is 39.7 Å². The Morgan fingerprint density at radius 1 is 1.38 bits per heavy atom. The van der Waals surface area contributed by atoms with Gasteiger partial charge in [-0.25, -0.2) is 4.79 Å². The van der Waals surface area contributed by atoms with Gasteiger partial charge >= 0.3 is 12.1 Å². The Bertz CT molecular complexity index is 257. The van der Waals surface area contributed by atoms with Gasteiger partial charge in [-0.05, 0) is 27.2 Å². The Kier molecular flexibility index (Phi) is 5.27. The molecule has 16 heavy (non-hydrogen) atoms. The van der Waals surface area contributed by atoms with Crippen LogP contribution in [-0.4, -0.2) is 41.3 Å². The van der Waals surface area contributed by atoms with Crippen LogP contribution in [0, 0.1) is 5.92 Å². The zero-order valence-corrected chi connectivity index (χ0v) is 10.6. The van der Waals surface area contributed by atoms with Gasteiger partial charge in [0.2, 0.25) is 0 Å². The highest BCUT2D eigenvalue weighted by Gasteiger charge is 2.24. The van der Waals surface area contributed by atoms with E-state index >= 15 is 0 Å². The topological polar surface area (TPSA) is 66.8 Å². The number of carbonyl (C=O) groups excluding carboxylic acids is 1. The number of carbonyl (C=O) groups is 2. The van der Waals surface area contributed by atoms with E-state index in [1.54, 1.807) is 34.7 Å². The first-order valence-corrected chi connectivity index (χ1v) is 5.34. The van der Waals surface area contributed by atoms with Crippen LogP contribution in [0.15, 0.2) is 0 Å². The molecule has 0 radical (unpaired) electrons. The SMILES string of the molecule is CCC(CN(C)C(=O)OC(C)(C)C)C(=O)O. The maximum atomic E-state index is 11.5. The standard InChI is InChI=1S/C11H21NO4/c1-6-8(9(13)14)7-12(5)10(15)16-11(2,3)4/h8H,6-7H2,1-5H3,(H,13,14). The fourth-order valence-electron chi connectivity index (χ4n) is 1.13. The number of hydrogen-bond donors (Lipinski definition) is 1. The Morgan fingerprint density at radius 3 is 2.19 bits per heavy atom. The van der Waals surface area contributed by atoms with Crippen LogP contribution in [0.3, 0.4) is 0 Å². The van der Waals surface area contributed by atoms with E-state index in [1.807, 2.05) is 0 Å². The van der Waals surface area contributed by atoms with Crippen molar-refractivity contribution in [2.24, 2.45) is 5.92 Å². The number of ether oxygens (including phenoxy) is 1. The van der Waals surface area contributed by atoms with Gasteiger partial charge in [-0.2, -0.15) is 0 Å². The zero-order chi connectivity index (χ0) is 12.9. The van der Waals surface area contributed by atoms with Gasteiger partial charge in [0.25, 0.3) is 0 Å². The van der Waals surface area contributed by atoms with Crippen molar-refractivity contribution in [2.75, 3.05) is 13.6 Å². The third-order valence-corrected chi connectivity index (χ3v) is 2.04. The largest absolute Gasteiger partial charge is 0.481 e. The van der Waals surface area contributed by atoms with Gasteiger partial charge in [0.15, 0.2) is 0 Å². The molecule has 1 atom stereocenters. The molecule has 94 valence electrons. The third kappa shape index (κ3) is 5.58. The molecule has 0 aliphatic rings. The summed E-state index contributed by atoms with van der Waals surface area (Å²) in [5.74, 6) is -1.43. The Morgan fingerprint density at radius 2 is 1.88 bits per heavy atom.